The molecule has 0 saturated carbocycles. The number of hydrogen-bond donors (Lipinski definition) is 1. The van der Waals surface area contributed by atoms with Crippen molar-refractivity contribution in [3.05, 3.63) is 82.3 Å². The zero-order chi connectivity index (χ0) is 17.6. The van der Waals surface area contributed by atoms with E-state index in [1.807, 2.05) is 36.4 Å². The van der Waals surface area contributed by atoms with Gasteiger partial charge in [0.05, 0.1) is 10.0 Å². The summed E-state index contributed by atoms with van der Waals surface area (Å²) in [4.78, 5) is 0.657. The van der Waals surface area contributed by atoms with Gasteiger partial charge < -0.3 is 10.1 Å². The van der Waals surface area contributed by atoms with Crippen molar-refractivity contribution >= 4 is 40.6 Å². The minimum Gasteiger partial charge on any atom is -0.457 e. The summed E-state index contributed by atoms with van der Waals surface area (Å²) in [6.07, 6.45) is 0. The predicted molar refractivity (Wildman–Crippen MR) is 103 cm³/mol. The summed E-state index contributed by atoms with van der Waals surface area (Å²) in [5, 5.41) is 4.20. The van der Waals surface area contributed by atoms with Crippen molar-refractivity contribution in [2.75, 3.05) is 5.32 Å². The Morgan fingerprint density at radius 3 is 2.32 bits per heavy atom. The van der Waals surface area contributed by atoms with Gasteiger partial charge in [-0.3, -0.25) is 0 Å². The van der Waals surface area contributed by atoms with Gasteiger partial charge in [0.2, 0.25) is 0 Å². The fraction of sp³-hybridized carbons (Fsp3) is 0.0526. The normalized spacial score (nSPS) is 10.3. The Morgan fingerprint density at radius 1 is 0.880 bits per heavy atom. The maximum absolute atomic E-state index is 11.3. The van der Waals surface area contributed by atoms with E-state index in [1.165, 1.54) is 0 Å². The van der Waals surface area contributed by atoms with E-state index < -0.39 is 0 Å². The molecule has 0 atom stereocenters. The summed E-state index contributed by atoms with van der Waals surface area (Å²) in [5.41, 5.74) is 1.85. The monoisotopic (exact) mass is 390 g/mol. The lowest BCUT2D eigenvalue weighted by Gasteiger charge is -2.09. The molecule has 0 saturated heterocycles. The van der Waals surface area contributed by atoms with Gasteiger partial charge in [0, 0.05) is 34.1 Å². The highest BCUT2D eigenvalue weighted by Crippen LogP contribution is 2.30. The van der Waals surface area contributed by atoms with E-state index in [2.05, 4.69) is 5.32 Å². The molecule has 3 aromatic rings. The number of benzene rings is 3. The van der Waals surface area contributed by atoms with Gasteiger partial charge in [-0.05, 0) is 36.4 Å². The first-order valence-electron chi connectivity index (χ1n) is 7.50. The number of nitrogens with one attached hydrogen (secondary N) is 1. The van der Waals surface area contributed by atoms with Crippen molar-refractivity contribution < 1.29 is 8.95 Å². The molecule has 3 aromatic carbocycles. The fourth-order valence-electron chi connectivity index (χ4n) is 2.27. The summed E-state index contributed by atoms with van der Waals surface area (Å²) in [6, 6.07) is 20.2. The van der Waals surface area contributed by atoms with Crippen LogP contribution in [0.1, 0.15) is 5.56 Å². The lowest BCUT2D eigenvalue weighted by atomic mass is 10.2. The molecule has 25 heavy (non-hydrogen) atoms. The molecule has 0 aliphatic carbocycles. The molecule has 0 heterocycles. The number of anilines is 1. The van der Waals surface area contributed by atoms with Crippen LogP contribution in [0.3, 0.4) is 0 Å². The van der Waals surface area contributed by atoms with Crippen molar-refractivity contribution in [3.63, 3.8) is 0 Å². The van der Waals surface area contributed by atoms with Crippen LogP contribution in [-0.4, -0.2) is 0 Å². The highest BCUT2D eigenvalue weighted by molar-refractivity contribution is 7.65. The smallest absolute Gasteiger partial charge is 0.457 e. The van der Waals surface area contributed by atoms with Gasteiger partial charge in [-0.25, -0.2) is 0 Å². The quantitative estimate of drug-likeness (QED) is 0.510. The van der Waals surface area contributed by atoms with Gasteiger partial charge in [-0.2, -0.15) is 0 Å². The Bertz CT molecular complexity index is 888. The average molecular weight is 391 g/mol. The largest absolute Gasteiger partial charge is 0.505 e. The van der Waals surface area contributed by atoms with Crippen LogP contribution in [0.15, 0.2) is 71.6 Å². The second-order valence-electron chi connectivity index (χ2n) is 5.25. The molecule has 0 aromatic heterocycles. The van der Waals surface area contributed by atoms with Crippen LogP contribution in [-0.2, 0) is 22.4 Å². The van der Waals surface area contributed by atoms with Crippen molar-refractivity contribution in [1.82, 2.24) is 0 Å². The van der Waals surface area contributed by atoms with Crippen LogP contribution in [0.2, 0.25) is 10.0 Å². The minimum atomic E-state index is 0.428. The summed E-state index contributed by atoms with van der Waals surface area (Å²) in [6.45, 7) is 0.521. The van der Waals surface area contributed by atoms with Crippen molar-refractivity contribution in [3.8, 4) is 11.5 Å². The van der Waals surface area contributed by atoms with Crippen LogP contribution in [0.4, 0.5) is 5.69 Å². The molecule has 0 amide bonds. The van der Waals surface area contributed by atoms with Crippen LogP contribution in [0.25, 0.3) is 0 Å². The third-order valence-electron chi connectivity index (χ3n) is 3.51. The molecule has 0 aliphatic heterocycles. The highest BCUT2D eigenvalue weighted by Gasteiger charge is 2.16. The van der Waals surface area contributed by atoms with Crippen LogP contribution in [0.5, 0.6) is 11.5 Å². The molecule has 1 N–H and O–H groups in total. The molecule has 126 valence electrons. The highest BCUT2D eigenvalue weighted by atomic mass is 35.5. The van der Waals surface area contributed by atoms with E-state index in [0.717, 1.165) is 11.3 Å². The number of hydrogen-bond acceptors (Lipinski definition) is 3. The van der Waals surface area contributed by atoms with Gasteiger partial charge in [0.1, 0.15) is 11.5 Å². The molecular formula is C19H14Cl2NO2S+. The van der Waals surface area contributed by atoms with E-state index in [-0.39, 0.29) is 0 Å². The predicted octanol–water partition coefficient (Wildman–Crippen LogP) is 6.18. The van der Waals surface area contributed by atoms with Gasteiger partial charge >= 0.3 is 11.7 Å². The zero-order valence-corrected chi connectivity index (χ0v) is 15.4. The van der Waals surface area contributed by atoms with Gasteiger partial charge in [-0.1, -0.05) is 41.4 Å². The zero-order valence-electron chi connectivity index (χ0n) is 13.0. The molecule has 0 radical (unpaired) electrons. The first-order valence-corrected chi connectivity index (χ1v) is 9.00. The van der Waals surface area contributed by atoms with Crippen LogP contribution < -0.4 is 10.1 Å². The third-order valence-corrected chi connectivity index (χ3v) is 4.82. The lowest BCUT2D eigenvalue weighted by Crippen LogP contribution is -2.01. The molecule has 6 heteroatoms. The number of para-hydroxylation sites is 1. The first kappa shape index (κ1) is 17.7. The van der Waals surface area contributed by atoms with Gasteiger partial charge in [0.25, 0.3) is 4.90 Å². The maximum atomic E-state index is 11.3. The van der Waals surface area contributed by atoms with Crippen molar-refractivity contribution in [1.29, 1.82) is 0 Å². The first-order chi connectivity index (χ1) is 12.2. The summed E-state index contributed by atoms with van der Waals surface area (Å²) in [5.74, 6) is 1.21. The van der Waals surface area contributed by atoms with E-state index >= 15 is 0 Å². The van der Waals surface area contributed by atoms with E-state index in [9.17, 15) is 4.21 Å². The van der Waals surface area contributed by atoms with E-state index in [1.54, 1.807) is 30.3 Å². The Morgan fingerprint density at radius 2 is 1.60 bits per heavy atom. The molecule has 0 fully saturated rings. The Balaban J connectivity index is 1.79. The molecule has 0 bridgehead atoms. The topological polar surface area (TPSA) is 38.3 Å². The third kappa shape index (κ3) is 4.69. The molecule has 0 aliphatic rings. The van der Waals surface area contributed by atoms with E-state index in [4.69, 9.17) is 27.9 Å². The fourth-order valence-corrected chi connectivity index (χ4v) is 2.92. The van der Waals surface area contributed by atoms with Crippen molar-refractivity contribution in [2.45, 2.75) is 11.4 Å². The van der Waals surface area contributed by atoms with Gasteiger partial charge in [0.15, 0.2) is 0 Å². The molecular weight excluding hydrogens is 377 g/mol. The second-order valence-corrected chi connectivity index (χ2v) is 6.67. The Labute approximate surface area is 160 Å². The molecule has 3 rings (SSSR count). The number of rotatable bonds is 6. The summed E-state index contributed by atoms with van der Waals surface area (Å²) < 4.78 is 17.2. The molecule has 0 spiro atoms. The van der Waals surface area contributed by atoms with Crippen LogP contribution >= 0.6 is 23.2 Å². The minimum absolute atomic E-state index is 0.428. The second kappa shape index (κ2) is 8.30. The molecule has 0 unspecified atom stereocenters. The maximum Gasteiger partial charge on any atom is 0.505 e. The number of ether oxygens (including phenoxy) is 1. The SMILES string of the molecule is O=[S+]c1ccc(Oc2ccc(Cl)c(Cl)c2)cc1CNc1ccccc1. The van der Waals surface area contributed by atoms with E-state index in [0.29, 0.717) is 44.7 Å². The van der Waals surface area contributed by atoms with Crippen LogP contribution in [0, 0.1) is 0 Å². The summed E-state index contributed by atoms with van der Waals surface area (Å²) >= 11 is 12.4. The number of halogens is 2. The lowest BCUT2D eigenvalue weighted by molar-refractivity contribution is 0.481. The summed E-state index contributed by atoms with van der Waals surface area (Å²) in [7, 11) is 0. The van der Waals surface area contributed by atoms with Crippen molar-refractivity contribution in [2.24, 2.45) is 0 Å². The molecule has 3 nitrogen and oxygen atoms in total. The average Bonchev–Trinajstić information content (AvgIpc) is 2.64. The van der Waals surface area contributed by atoms with Gasteiger partial charge in [-0.15, -0.1) is 0 Å². The Kier molecular flexibility index (Phi) is 5.87. The Hall–Kier alpha value is -2.14. The standard InChI is InChI=1S/C19H14Cl2NO2S/c20-17-8-6-16(11-18(17)21)24-15-7-9-19(25-23)13(10-15)12-22-14-4-2-1-3-5-14/h1-11,22H,12H2/q+1.